The highest BCUT2D eigenvalue weighted by molar-refractivity contribution is 5.67. The number of amides is 1. The third kappa shape index (κ3) is 3.73. The predicted molar refractivity (Wildman–Crippen MR) is 93.0 cm³/mol. The second-order valence-corrected chi connectivity index (χ2v) is 6.39. The zero-order valence-electron chi connectivity index (χ0n) is 14.8. The third-order valence-electron chi connectivity index (χ3n) is 4.54. The Morgan fingerprint density at radius 3 is 2.59 bits per heavy atom. The van der Waals surface area contributed by atoms with Crippen LogP contribution in [0.5, 0.6) is 5.75 Å². The standard InChI is InChI=1S/C19H14F3N3O4/c20-19(21,22)17-23-16(24-29-17)12-6-7-13-9-25(18(26)27)14(10-28-15(13)8-12)11-4-2-1-3-5-11/h1-8,14H,9-10H2,(H,26,27). The number of rotatable bonds is 2. The molecule has 29 heavy (non-hydrogen) atoms. The average molecular weight is 405 g/mol. The molecule has 1 aromatic heterocycles. The third-order valence-corrected chi connectivity index (χ3v) is 4.54. The van der Waals surface area contributed by atoms with Crippen LogP contribution in [0.2, 0.25) is 0 Å². The number of ether oxygens (including phenoxy) is 1. The summed E-state index contributed by atoms with van der Waals surface area (Å²) in [6, 6.07) is 13.1. The van der Waals surface area contributed by atoms with Gasteiger partial charge < -0.3 is 14.4 Å². The van der Waals surface area contributed by atoms with Crippen molar-refractivity contribution in [1.29, 1.82) is 0 Å². The molecule has 1 amide bonds. The molecule has 0 fully saturated rings. The number of alkyl halides is 3. The minimum atomic E-state index is -4.74. The number of hydrogen-bond donors (Lipinski definition) is 1. The van der Waals surface area contributed by atoms with E-state index in [9.17, 15) is 23.1 Å². The molecule has 1 atom stereocenters. The summed E-state index contributed by atoms with van der Waals surface area (Å²) in [6.45, 7) is 0.108. The molecule has 10 heteroatoms. The normalized spacial score (nSPS) is 16.7. The van der Waals surface area contributed by atoms with Crippen molar-refractivity contribution in [3.05, 3.63) is 65.5 Å². The number of carboxylic acid groups (broad SMARTS) is 1. The van der Waals surface area contributed by atoms with Crippen molar-refractivity contribution >= 4 is 6.09 Å². The van der Waals surface area contributed by atoms with Gasteiger partial charge in [-0.15, -0.1) is 0 Å². The van der Waals surface area contributed by atoms with Gasteiger partial charge in [0.05, 0.1) is 12.6 Å². The van der Waals surface area contributed by atoms with E-state index in [-0.39, 0.29) is 24.5 Å². The van der Waals surface area contributed by atoms with Crippen LogP contribution in [-0.2, 0) is 12.7 Å². The number of aromatic nitrogens is 2. The molecule has 2 aromatic carbocycles. The molecule has 7 nitrogen and oxygen atoms in total. The Hall–Kier alpha value is -3.56. The number of halogens is 3. The van der Waals surface area contributed by atoms with Gasteiger partial charge in [0, 0.05) is 11.1 Å². The summed E-state index contributed by atoms with van der Waals surface area (Å²) in [5.41, 5.74) is 1.62. The van der Waals surface area contributed by atoms with E-state index in [4.69, 9.17) is 4.74 Å². The summed E-state index contributed by atoms with van der Waals surface area (Å²) in [4.78, 5) is 16.4. The fourth-order valence-corrected chi connectivity index (χ4v) is 3.12. The van der Waals surface area contributed by atoms with Crippen LogP contribution in [0, 0.1) is 0 Å². The molecular weight excluding hydrogens is 391 g/mol. The van der Waals surface area contributed by atoms with Gasteiger partial charge in [0.2, 0.25) is 5.82 Å². The molecule has 0 spiro atoms. The molecule has 1 N–H and O–H groups in total. The molecule has 2 heterocycles. The number of hydrogen-bond acceptors (Lipinski definition) is 5. The van der Waals surface area contributed by atoms with Crippen LogP contribution < -0.4 is 4.74 Å². The van der Waals surface area contributed by atoms with Crippen molar-refractivity contribution in [2.45, 2.75) is 18.8 Å². The maximum Gasteiger partial charge on any atom is 0.471 e. The first-order chi connectivity index (χ1) is 13.8. The van der Waals surface area contributed by atoms with E-state index in [1.807, 2.05) is 18.2 Å². The lowest BCUT2D eigenvalue weighted by Gasteiger charge is -2.26. The van der Waals surface area contributed by atoms with Crippen molar-refractivity contribution < 1.29 is 32.3 Å². The van der Waals surface area contributed by atoms with Gasteiger partial charge in [-0.25, -0.2) is 4.79 Å². The minimum Gasteiger partial charge on any atom is -0.491 e. The first-order valence-electron chi connectivity index (χ1n) is 8.54. The van der Waals surface area contributed by atoms with E-state index in [0.29, 0.717) is 11.3 Å². The quantitative estimate of drug-likeness (QED) is 0.681. The maximum atomic E-state index is 12.7. The van der Waals surface area contributed by atoms with Crippen LogP contribution in [0.25, 0.3) is 11.4 Å². The van der Waals surface area contributed by atoms with Crippen LogP contribution in [0.15, 0.2) is 53.1 Å². The number of nitrogens with zero attached hydrogens (tertiary/aromatic N) is 3. The topological polar surface area (TPSA) is 88.7 Å². The van der Waals surface area contributed by atoms with Gasteiger partial charge in [-0.05, 0) is 11.6 Å². The molecule has 1 unspecified atom stereocenters. The van der Waals surface area contributed by atoms with Crippen LogP contribution in [-0.4, -0.2) is 32.8 Å². The Morgan fingerprint density at radius 1 is 1.17 bits per heavy atom. The van der Waals surface area contributed by atoms with Crippen LogP contribution in [0.4, 0.5) is 18.0 Å². The van der Waals surface area contributed by atoms with Crippen molar-refractivity contribution in [2.75, 3.05) is 6.61 Å². The Morgan fingerprint density at radius 2 is 1.93 bits per heavy atom. The maximum absolute atomic E-state index is 12.7. The lowest BCUT2D eigenvalue weighted by molar-refractivity contribution is -0.159. The molecule has 4 rings (SSSR count). The fraction of sp³-hybridized carbons (Fsp3) is 0.211. The first-order valence-corrected chi connectivity index (χ1v) is 8.54. The number of benzene rings is 2. The van der Waals surface area contributed by atoms with E-state index in [1.54, 1.807) is 18.2 Å². The summed E-state index contributed by atoms with van der Waals surface area (Å²) in [5.74, 6) is -1.32. The Labute approximate surface area is 162 Å². The second-order valence-electron chi connectivity index (χ2n) is 6.39. The van der Waals surface area contributed by atoms with Crippen molar-refractivity contribution in [3.8, 4) is 17.1 Å². The Kier molecular flexibility index (Phi) is 4.61. The molecule has 0 bridgehead atoms. The zero-order chi connectivity index (χ0) is 20.6. The number of carbonyl (C=O) groups is 1. The van der Waals surface area contributed by atoms with Gasteiger partial charge in [0.15, 0.2) is 0 Å². The summed E-state index contributed by atoms with van der Waals surface area (Å²) in [5, 5.41) is 13.0. The lowest BCUT2D eigenvalue weighted by atomic mass is 10.1. The van der Waals surface area contributed by atoms with Crippen molar-refractivity contribution in [2.24, 2.45) is 0 Å². The molecule has 0 saturated heterocycles. The molecule has 0 saturated carbocycles. The highest BCUT2D eigenvalue weighted by Crippen LogP contribution is 2.35. The summed E-state index contributed by atoms with van der Waals surface area (Å²) in [7, 11) is 0. The van der Waals surface area contributed by atoms with Gasteiger partial charge in [-0.1, -0.05) is 47.6 Å². The largest absolute Gasteiger partial charge is 0.491 e. The Balaban J connectivity index is 1.66. The molecule has 0 aliphatic carbocycles. The van der Waals surface area contributed by atoms with Gasteiger partial charge in [-0.2, -0.15) is 18.2 Å². The average Bonchev–Trinajstić information content (AvgIpc) is 3.11. The van der Waals surface area contributed by atoms with Crippen LogP contribution >= 0.6 is 0 Å². The molecule has 1 aliphatic heterocycles. The molecule has 0 radical (unpaired) electrons. The van der Waals surface area contributed by atoms with Crippen LogP contribution in [0.3, 0.4) is 0 Å². The summed E-state index contributed by atoms with van der Waals surface area (Å²) >= 11 is 0. The van der Waals surface area contributed by atoms with Crippen molar-refractivity contribution in [1.82, 2.24) is 15.0 Å². The second kappa shape index (κ2) is 7.12. The Bertz CT molecular complexity index is 1040. The molecule has 3 aromatic rings. The zero-order valence-corrected chi connectivity index (χ0v) is 14.8. The molecular formula is C19H14F3N3O4. The monoisotopic (exact) mass is 405 g/mol. The van der Waals surface area contributed by atoms with E-state index in [0.717, 1.165) is 5.56 Å². The van der Waals surface area contributed by atoms with Crippen molar-refractivity contribution in [3.63, 3.8) is 0 Å². The van der Waals surface area contributed by atoms with Gasteiger partial charge in [0.1, 0.15) is 12.4 Å². The van der Waals surface area contributed by atoms with E-state index in [1.165, 1.54) is 17.0 Å². The van der Waals surface area contributed by atoms with Gasteiger partial charge in [-0.3, -0.25) is 4.90 Å². The van der Waals surface area contributed by atoms with E-state index < -0.39 is 24.2 Å². The van der Waals surface area contributed by atoms with E-state index >= 15 is 0 Å². The highest BCUT2D eigenvalue weighted by Gasteiger charge is 2.38. The fourth-order valence-electron chi connectivity index (χ4n) is 3.12. The minimum absolute atomic E-state index is 0.0484. The molecule has 150 valence electrons. The van der Waals surface area contributed by atoms with E-state index in [2.05, 4.69) is 14.7 Å². The highest BCUT2D eigenvalue weighted by atomic mass is 19.4. The smallest absolute Gasteiger partial charge is 0.471 e. The predicted octanol–water partition coefficient (Wildman–Crippen LogP) is 4.37. The summed E-state index contributed by atoms with van der Waals surface area (Å²) in [6.07, 6.45) is -5.84. The summed E-state index contributed by atoms with van der Waals surface area (Å²) < 4.78 is 48.1. The number of fused-ring (bicyclic) bond motifs is 1. The SMILES string of the molecule is O=C(O)N1Cc2ccc(-c3noc(C(F)(F)F)n3)cc2OCC1c1ccccc1. The van der Waals surface area contributed by atoms with Gasteiger partial charge in [0.25, 0.3) is 0 Å². The van der Waals surface area contributed by atoms with Gasteiger partial charge >= 0.3 is 18.2 Å². The van der Waals surface area contributed by atoms with Crippen LogP contribution in [0.1, 0.15) is 23.1 Å². The molecule has 1 aliphatic rings. The lowest BCUT2D eigenvalue weighted by Crippen LogP contribution is -2.34. The first kappa shape index (κ1) is 18.8.